The van der Waals surface area contributed by atoms with Gasteiger partial charge in [-0.2, -0.15) is 0 Å². The van der Waals surface area contributed by atoms with Crippen LogP contribution < -0.4 is 0 Å². The lowest BCUT2D eigenvalue weighted by Gasteiger charge is -2.45. The molecule has 0 nitrogen and oxygen atoms in total. The molecule has 8 heteroatoms. The van der Waals surface area contributed by atoms with Crippen LogP contribution in [0.25, 0.3) is 0 Å². The van der Waals surface area contributed by atoms with Crippen LogP contribution in [-0.2, 0) is 0 Å². The predicted molar refractivity (Wildman–Crippen MR) is 214 cm³/mol. The van der Waals surface area contributed by atoms with Crippen molar-refractivity contribution in [3.8, 4) is 0 Å². The summed E-state index contributed by atoms with van der Waals surface area (Å²) in [5, 5.41) is 0. The number of hydrogen-bond donors (Lipinski definition) is 0. The highest BCUT2D eigenvalue weighted by atomic mass is 29.6. The van der Waals surface area contributed by atoms with E-state index in [1.165, 1.54) is 0 Å². The Kier molecular flexibility index (Phi) is 30.3. The lowest BCUT2D eigenvalue weighted by Crippen LogP contribution is -2.67. The third-order valence-electron chi connectivity index (χ3n) is 8.25. The zero-order valence-electron chi connectivity index (χ0n) is 28.0. The van der Waals surface area contributed by atoms with Crippen molar-refractivity contribution in [1.29, 1.82) is 0 Å². The Morgan fingerprint density at radius 2 is 0.278 bits per heavy atom. The van der Waals surface area contributed by atoms with Crippen molar-refractivity contribution in [3.63, 3.8) is 0 Å². The minimum atomic E-state index is -0.829. The molecule has 0 bridgehead atoms. The van der Waals surface area contributed by atoms with Crippen LogP contribution in [0.5, 0.6) is 0 Å². The van der Waals surface area contributed by atoms with Crippen LogP contribution in [-0.4, -0.2) is 60.7 Å². The van der Waals surface area contributed by atoms with Crippen LogP contribution in [0.4, 0.5) is 0 Å². The van der Waals surface area contributed by atoms with Crippen LogP contribution in [0.1, 0.15) is 29.7 Å². The van der Waals surface area contributed by atoms with Crippen molar-refractivity contribution >= 4 is 60.7 Å². The average molecular weight is 650 g/mol. The lowest BCUT2D eigenvalue weighted by molar-refractivity contribution is 1.71. The fourth-order valence-corrected chi connectivity index (χ4v) is 30.4. The molecule has 36 heavy (non-hydrogen) atoms. The van der Waals surface area contributed by atoms with E-state index in [9.17, 15) is 0 Å². The van der Waals surface area contributed by atoms with Gasteiger partial charge in [-0.1, -0.05) is 187 Å². The summed E-state index contributed by atoms with van der Waals surface area (Å²) in [7, 11) is -5.96. The molecule has 0 aromatic carbocycles. The van der Waals surface area contributed by atoms with E-state index in [1.54, 1.807) is 0 Å². The fraction of sp³-hybridized carbons (Fsp3) is 1.00. The highest BCUT2D eigenvalue weighted by Crippen LogP contribution is 2.28. The van der Waals surface area contributed by atoms with Crippen LogP contribution in [0.2, 0.25) is 157 Å². The summed E-state index contributed by atoms with van der Waals surface area (Å²) < 4.78 is 0. The summed E-state index contributed by atoms with van der Waals surface area (Å²) in [6, 6.07) is 0. The first-order chi connectivity index (χ1) is 13.0. The van der Waals surface area contributed by atoms with Crippen molar-refractivity contribution in [2.75, 3.05) is 0 Å². The van der Waals surface area contributed by atoms with E-state index in [4.69, 9.17) is 0 Å². The van der Waals surface area contributed by atoms with Gasteiger partial charge in [0.25, 0.3) is 0 Å². The standard InChI is InChI=1S/C8H24Si3.2C6H18Si2.C4H12Si.4CH4/c1-9(2,3)11(7,8)10(4,5)6;2*1-7(2,3)8(4,5)6;1-5(2,3)4;;;;/h1-8H3;2*1-6H3;1-4H3;4*1H4. The van der Waals surface area contributed by atoms with Crippen LogP contribution in [0.3, 0.4) is 0 Å². The molecule has 0 amide bonds. The van der Waals surface area contributed by atoms with Gasteiger partial charge in [0.05, 0.1) is 0 Å². The molecule has 0 fully saturated rings. The largest absolute Gasteiger partial charge is 0.0776 e. The topological polar surface area (TPSA) is 0 Å². The van der Waals surface area contributed by atoms with Crippen molar-refractivity contribution in [3.05, 3.63) is 0 Å². The highest BCUT2D eigenvalue weighted by Gasteiger charge is 2.46. The second-order valence-corrected chi connectivity index (χ2v) is 90.4. The predicted octanol–water partition coefficient (Wildman–Crippen LogP) is 13.5. The molecule has 0 aliphatic rings. The van der Waals surface area contributed by atoms with Gasteiger partial charge in [0.1, 0.15) is 0 Å². The molecule has 0 aliphatic heterocycles. The molecule has 0 saturated heterocycles. The molecule has 0 rings (SSSR count). The Morgan fingerprint density at radius 3 is 0.278 bits per heavy atom. The molecule has 0 aromatic rings. The Labute approximate surface area is 246 Å². The maximum Gasteiger partial charge on any atom is 0.0411 e. The first-order valence-electron chi connectivity index (χ1n) is 13.0. The summed E-state index contributed by atoms with van der Waals surface area (Å²) >= 11 is 0. The van der Waals surface area contributed by atoms with E-state index in [-0.39, 0.29) is 29.7 Å². The number of hydrogen-bond acceptors (Lipinski definition) is 0. The van der Waals surface area contributed by atoms with Gasteiger partial charge in [0.2, 0.25) is 0 Å². The summed E-state index contributed by atoms with van der Waals surface area (Å²) in [5.41, 5.74) is 0. The third kappa shape index (κ3) is 30.3. The molecule has 0 atom stereocenters. The molecule has 0 spiro atoms. The molecule has 0 aliphatic carbocycles. The van der Waals surface area contributed by atoms with Gasteiger partial charge in [-0.15, -0.1) is 0 Å². The molecular weight excluding hydrogens is 561 g/mol. The zero-order chi connectivity index (χ0) is 28.0. The van der Waals surface area contributed by atoms with Gasteiger partial charge in [-0.05, 0) is 0 Å². The Bertz CT molecular complexity index is 423. The van der Waals surface area contributed by atoms with Crippen molar-refractivity contribution in [2.24, 2.45) is 0 Å². The molecule has 232 valence electrons. The van der Waals surface area contributed by atoms with Crippen molar-refractivity contribution < 1.29 is 0 Å². The third-order valence-corrected chi connectivity index (χ3v) is 87.8. The van der Waals surface area contributed by atoms with Gasteiger partial charge < -0.3 is 0 Å². The molecule has 0 saturated carbocycles. The Morgan fingerprint density at radius 1 is 0.194 bits per heavy atom. The Balaban J connectivity index is -0.0000000480. The van der Waals surface area contributed by atoms with Crippen molar-refractivity contribution in [1.82, 2.24) is 0 Å². The summed E-state index contributed by atoms with van der Waals surface area (Å²) in [6.45, 7) is 59.5. The zero-order valence-corrected chi connectivity index (χ0v) is 36.0. The smallest absolute Gasteiger partial charge is 0.0411 e. The first kappa shape index (κ1) is 57.6. The lowest BCUT2D eigenvalue weighted by atomic mass is 11.8. The summed E-state index contributed by atoms with van der Waals surface area (Å²) in [5.74, 6) is 0. The van der Waals surface area contributed by atoms with E-state index in [1.807, 2.05) is 0 Å². The monoisotopic (exact) mass is 649 g/mol. The van der Waals surface area contributed by atoms with Gasteiger partial charge in [0.15, 0.2) is 0 Å². The Hall–Kier alpha value is 1.74. The molecular formula is C28H88Si8. The average Bonchev–Trinajstić information content (AvgIpc) is 2.29. The van der Waals surface area contributed by atoms with Crippen molar-refractivity contribution in [2.45, 2.75) is 187 Å². The van der Waals surface area contributed by atoms with Crippen LogP contribution in [0, 0.1) is 0 Å². The molecule has 0 unspecified atom stereocenters. The second-order valence-electron chi connectivity index (χ2n) is 18.1. The van der Waals surface area contributed by atoms with Gasteiger partial charge in [0, 0.05) is 60.7 Å². The first-order valence-corrected chi connectivity index (χ1v) is 45.0. The second kappa shape index (κ2) is 19.0. The molecule has 0 radical (unpaired) electrons. The van der Waals surface area contributed by atoms with E-state index in [2.05, 4.69) is 157 Å². The van der Waals surface area contributed by atoms with Gasteiger partial charge in [-0.3, -0.25) is 0 Å². The SMILES string of the molecule is C.C.C.C.C[Si](C)(C)C.C[Si](C)(C)[Si](C)(C)C.C[Si](C)(C)[Si](C)(C)C.C[Si](C)(C)[Si](C)(C)[Si](C)(C)C. The van der Waals surface area contributed by atoms with E-state index in [0.717, 1.165) is 0 Å². The summed E-state index contributed by atoms with van der Waals surface area (Å²) in [4.78, 5) is 0. The normalized spacial score (nSPS) is 12.7. The van der Waals surface area contributed by atoms with E-state index >= 15 is 0 Å². The summed E-state index contributed by atoms with van der Waals surface area (Å²) in [6.07, 6.45) is 0. The number of rotatable bonds is 4. The fourth-order valence-electron chi connectivity index (χ4n) is 1.12. The highest BCUT2D eigenvalue weighted by molar-refractivity contribution is 7.68. The van der Waals surface area contributed by atoms with Crippen LogP contribution >= 0.6 is 0 Å². The minimum Gasteiger partial charge on any atom is -0.0776 e. The molecule has 0 aromatic heterocycles. The van der Waals surface area contributed by atoms with Crippen LogP contribution in [0.15, 0.2) is 0 Å². The maximum absolute atomic E-state index is 2.62. The van der Waals surface area contributed by atoms with Gasteiger partial charge >= 0.3 is 0 Å². The molecule has 0 N–H and O–H groups in total. The minimum absolute atomic E-state index is 0. The van der Waals surface area contributed by atoms with Gasteiger partial charge in [-0.25, -0.2) is 0 Å². The maximum atomic E-state index is 2.62. The molecule has 0 heterocycles. The quantitative estimate of drug-likeness (QED) is 0.266. The van der Waals surface area contributed by atoms with E-state index < -0.39 is 60.7 Å². The van der Waals surface area contributed by atoms with E-state index in [0.29, 0.717) is 0 Å².